The number of carboxylic acids is 1. The van der Waals surface area contributed by atoms with Crippen molar-refractivity contribution in [2.24, 2.45) is 0 Å². The van der Waals surface area contributed by atoms with Gasteiger partial charge in [-0.1, -0.05) is 6.07 Å². The molecule has 0 heterocycles. The molecule has 0 bridgehead atoms. The van der Waals surface area contributed by atoms with Crippen LogP contribution in [0.5, 0.6) is 28.7 Å². The summed E-state index contributed by atoms with van der Waals surface area (Å²) in [5, 5.41) is 19.1. The maximum absolute atomic E-state index is 12.2. The largest absolute Gasteiger partial charge is 0.504 e. The highest BCUT2D eigenvalue weighted by molar-refractivity contribution is 5.89. The molecule has 2 aromatic carbocycles. The fraction of sp³-hybridized carbons (Fsp3) is 0.273. The smallest absolute Gasteiger partial charge is 0.345 e. The van der Waals surface area contributed by atoms with Crippen LogP contribution in [0.4, 0.5) is 0 Å². The topological polar surface area (TPSA) is 121 Å². The molecule has 0 radical (unpaired) electrons. The predicted octanol–water partition coefficient (Wildman–Crippen LogP) is 2.68. The summed E-state index contributed by atoms with van der Waals surface area (Å²) in [5.41, 5.74) is 1.07. The fourth-order valence-corrected chi connectivity index (χ4v) is 2.79. The van der Waals surface area contributed by atoms with Gasteiger partial charge >= 0.3 is 11.9 Å². The first-order valence-corrected chi connectivity index (χ1v) is 9.10. The number of methoxy groups -OCH3 is 4. The van der Waals surface area contributed by atoms with E-state index in [0.717, 1.165) is 6.08 Å². The number of hydrogen-bond acceptors (Lipinski definition) is 8. The van der Waals surface area contributed by atoms with Crippen LogP contribution in [0.2, 0.25) is 0 Å². The molecule has 0 aliphatic heterocycles. The molecule has 0 aromatic heterocycles. The second-order valence-corrected chi connectivity index (χ2v) is 6.27. The monoisotopic (exact) mass is 432 g/mol. The number of phenols is 1. The van der Waals surface area contributed by atoms with Crippen molar-refractivity contribution in [1.82, 2.24) is 0 Å². The van der Waals surface area contributed by atoms with E-state index in [1.54, 1.807) is 18.2 Å². The highest BCUT2D eigenvalue weighted by Gasteiger charge is 2.24. The van der Waals surface area contributed by atoms with Crippen LogP contribution in [-0.4, -0.2) is 56.7 Å². The molecule has 1 unspecified atom stereocenters. The number of phenolic OH excluding ortho intramolecular Hbond substituents is 1. The number of benzene rings is 2. The Hall–Kier alpha value is -3.88. The molecule has 1 atom stereocenters. The Morgan fingerprint density at radius 3 is 2.06 bits per heavy atom. The number of carboxylic acid groups (broad SMARTS) is 1. The van der Waals surface area contributed by atoms with Crippen LogP contribution >= 0.6 is 0 Å². The first-order valence-electron chi connectivity index (χ1n) is 9.10. The molecular weight excluding hydrogens is 408 g/mol. The number of esters is 1. The van der Waals surface area contributed by atoms with Crippen molar-refractivity contribution in [1.29, 1.82) is 0 Å². The highest BCUT2D eigenvalue weighted by atomic mass is 16.6. The summed E-state index contributed by atoms with van der Waals surface area (Å²) in [6.07, 6.45) is 0.965. The van der Waals surface area contributed by atoms with Gasteiger partial charge in [-0.05, 0) is 41.5 Å². The fourth-order valence-electron chi connectivity index (χ4n) is 2.79. The van der Waals surface area contributed by atoms with Crippen molar-refractivity contribution in [3.05, 3.63) is 47.5 Å². The molecule has 9 heteroatoms. The average Bonchev–Trinajstić information content (AvgIpc) is 2.77. The molecule has 0 aliphatic rings. The summed E-state index contributed by atoms with van der Waals surface area (Å²) in [4.78, 5) is 23.8. The van der Waals surface area contributed by atoms with E-state index in [-0.39, 0.29) is 17.9 Å². The SMILES string of the molecule is COc1cc(C=CC(=O)OC(Cc2cc(OC)c(OC)c(OC)c2)C(=O)O)ccc1O. The zero-order valence-electron chi connectivity index (χ0n) is 17.6. The normalized spacial score (nSPS) is 11.6. The van der Waals surface area contributed by atoms with Crippen LogP contribution in [0, 0.1) is 0 Å². The number of aliphatic carboxylic acids is 1. The number of hydrogen-bond donors (Lipinski definition) is 2. The van der Waals surface area contributed by atoms with Gasteiger partial charge in [0, 0.05) is 12.5 Å². The Kier molecular flexibility index (Phi) is 8.13. The lowest BCUT2D eigenvalue weighted by Gasteiger charge is -2.16. The van der Waals surface area contributed by atoms with E-state index in [4.69, 9.17) is 23.7 Å². The third-order valence-electron chi connectivity index (χ3n) is 4.30. The van der Waals surface area contributed by atoms with Gasteiger partial charge in [0.1, 0.15) is 0 Å². The minimum Gasteiger partial charge on any atom is -0.504 e. The minimum absolute atomic E-state index is 0.0430. The zero-order chi connectivity index (χ0) is 23.0. The highest BCUT2D eigenvalue weighted by Crippen LogP contribution is 2.38. The van der Waals surface area contributed by atoms with E-state index in [0.29, 0.717) is 28.4 Å². The van der Waals surface area contributed by atoms with Crippen LogP contribution in [0.25, 0.3) is 6.08 Å². The molecule has 2 N–H and O–H groups in total. The van der Waals surface area contributed by atoms with E-state index >= 15 is 0 Å². The van der Waals surface area contributed by atoms with E-state index < -0.39 is 18.0 Å². The summed E-state index contributed by atoms with van der Waals surface area (Å²) in [6, 6.07) is 7.66. The summed E-state index contributed by atoms with van der Waals surface area (Å²) in [6.45, 7) is 0. The van der Waals surface area contributed by atoms with Crippen molar-refractivity contribution >= 4 is 18.0 Å². The van der Waals surface area contributed by atoms with E-state index in [2.05, 4.69) is 0 Å². The molecule has 0 aliphatic carbocycles. The molecule has 0 saturated carbocycles. The number of ether oxygens (including phenoxy) is 5. The molecule has 2 rings (SSSR count). The summed E-state index contributed by atoms with van der Waals surface area (Å²) in [7, 11) is 5.74. The quantitative estimate of drug-likeness (QED) is 0.431. The van der Waals surface area contributed by atoms with Gasteiger partial charge in [0.15, 0.2) is 23.0 Å². The number of carbonyl (C=O) groups excluding carboxylic acids is 1. The van der Waals surface area contributed by atoms with Crippen LogP contribution in [0.15, 0.2) is 36.4 Å². The number of rotatable bonds is 10. The lowest BCUT2D eigenvalue weighted by atomic mass is 10.1. The third-order valence-corrected chi connectivity index (χ3v) is 4.30. The molecule has 0 amide bonds. The van der Waals surface area contributed by atoms with Crippen molar-refractivity contribution < 1.29 is 43.5 Å². The molecule has 0 fully saturated rings. The molecule has 166 valence electrons. The Labute approximate surface area is 179 Å². The summed E-state index contributed by atoms with van der Waals surface area (Å²) < 4.78 is 25.9. The van der Waals surface area contributed by atoms with Gasteiger partial charge in [-0.25, -0.2) is 9.59 Å². The third kappa shape index (κ3) is 6.05. The minimum atomic E-state index is -1.44. The van der Waals surface area contributed by atoms with Gasteiger partial charge in [-0.15, -0.1) is 0 Å². The lowest BCUT2D eigenvalue weighted by Crippen LogP contribution is -2.28. The van der Waals surface area contributed by atoms with Gasteiger partial charge in [0.05, 0.1) is 28.4 Å². The van der Waals surface area contributed by atoms with Crippen LogP contribution in [-0.2, 0) is 20.7 Å². The van der Waals surface area contributed by atoms with Gasteiger partial charge in [-0.3, -0.25) is 0 Å². The Morgan fingerprint density at radius 2 is 1.55 bits per heavy atom. The Balaban J connectivity index is 2.16. The Bertz CT molecular complexity index is 940. The average molecular weight is 432 g/mol. The number of aromatic hydroxyl groups is 1. The van der Waals surface area contributed by atoms with Gasteiger partial charge in [0.2, 0.25) is 11.9 Å². The second-order valence-electron chi connectivity index (χ2n) is 6.27. The molecule has 0 saturated heterocycles. The van der Waals surface area contributed by atoms with Gasteiger partial charge in [0.25, 0.3) is 0 Å². The first-order chi connectivity index (χ1) is 14.8. The van der Waals surface area contributed by atoms with Gasteiger partial charge in [-0.2, -0.15) is 0 Å². The number of carbonyl (C=O) groups is 2. The van der Waals surface area contributed by atoms with E-state index in [9.17, 15) is 19.8 Å². The predicted molar refractivity (Wildman–Crippen MR) is 111 cm³/mol. The molecule has 2 aromatic rings. The van der Waals surface area contributed by atoms with Crippen LogP contribution < -0.4 is 18.9 Å². The summed E-state index contributed by atoms with van der Waals surface area (Å²) in [5.74, 6) is -0.875. The standard InChI is InChI=1S/C22H24O9/c1-27-16-9-13(5-7-15(16)23)6-8-20(24)31-19(22(25)26)12-14-10-17(28-2)21(30-4)18(11-14)29-3/h5-11,19,23H,12H2,1-4H3,(H,25,26). The van der Waals surface area contributed by atoms with E-state index in [1.165, 1.54) is 46.6 Å². The Morgan fingerprint density at radius 1 is 0.935 bits per heavy atom. The maximum Gasteiger partial charge on any atom is 0.345 e. The van der Waals surface area contributed by atoms with Crippen molar-refractivity contribution in [3.8, 4) is 28.7 Å². The van der Waals surface area contributed by atoms with Gasteiger partial charge < -0.3 is 33.9 Å². The van der Waals surface area contributed by atoms with Crippen LogP contribution in [0.3, 0.4) is 0 Å². The molecule has 9 nitrogen and oxygen atoms in total. The van der Waals surface area contributed by atoms with Crippen molar-refractivity contribution in [2.75, 3.05) is 28.4 Å². The molecule has 0 spiro atoms. The lowest BCUT2D eigenvalue weighted by molar-refractivity contribution is -0.160. The van der Waals surface area contributed by atoms with Crippen molar-refractivity contribution in [3.63, 3.8) is 0 Å². The zero-order valence-corrected chi connectivity index (χ0v) is 17.6. The maximum atomic E-state index is 12.2. The molecule has 31 heavy (non-hydrogen) atoms. The first kappa shape index (κ1) is 23.4. The molecular formula is C22H24O9. The van der Waals surface area contributed by atoms with Crippen molar-refractivity contribution in [2.45, 2.75) is 12.5 Å². The second kappa shape index (κ2) is 10.8. The van der Waals surface area contributed by atoms with E-state index in [1.807, 2.05) is 0 Å². The summed E-state index contributed by atoms with van der Waals surface area (Å²) >= 11 is 0. The van der Waals surface area contributed by atoms with Crippen LogP contribution in [0.1, 0.15) is 11.1 Å².